The number of phenolic OH excluding ortho intramolecular Hbond substituents is 1. The molecule has 3 rings (SSSR count). The number of aliphatic imine (C=N–C) groups is 1. The van der Waals surface area contributed by atoms with E-state index >= 15 is 0 Å². The summed E-state index contributed by atoms with van der Waals surface area (Å²) >= 11 is -1.33. The van der Waals surface area contributed by atoms with Gasteiger partial charge in [-0.05, 0) is 0 Å². The second-order valence-electron chi connectivity index (χ2n) is 9.77. The van der Waals surface area contributed by atoms with Gasteiger partial charge in [0.05, 0.1) is 0 Å². The fourth-order valence-electron chi connectivity index (χ4n) is 3.29. The first kappa shape index (κ1) is 23.5. The molecule has 3 aromatic rings. The van der Waals surface area contributed by atoms with Crippen molar-refractivity contribution in [3.63, 3.8) is 0 Å². The normalized spacial score (nSPS) is 14.0. The number of phenols is 1. The van der Waals surface area contributed by atoms with Crippen LogP contribution in [0.5, 0.6) is 5.75 Å². The molecule has 164 valence electrons. The van der Waals surface area contributed by atoms with Gasteiger partial charge in [-0.2, -0.15) is 0 Å². The fourth-order valence-corrected chi connectivity index (χ4v) is 5.63. The Bertz CT molecular complexity index is 1080. The van der Waals surface area contributed by atoms with Crippen molar-refractivity contribution < 1.29 is 9.66 Å². The average Bonchev–Trinajstić information content (AvgIpc) is 2.71. The van der Waals surface area contributed by atoms with E-state index in [4.69, 9.17) is 0 Å². The van der Waals surface area contributed by atoms with Crippen molar-refractivity contribution in [2.24, 2.45) is 4.99 Å². The van der Waals surface area contributed by atoms with Gasteiger partial charge in [0.2, 0.25) is 0 Å². The minimum absolute atomic E-state index is 0.185. The molecule has 0 heterocycles. The first-order valence-corrected chi connectivity index (χ1v) is 15.1. The second kappa shape index (κ2) is 9.16. The predicted molar refractivity (Wildman–Crippen MR) is 137 cm³/mol. The van der Waals surface area contributed by atoms with Crippen LogP contribution in [0.3, 0.4) is 0 Å². The summed E-state index contributed by atoms with van der Waals surface area (Å²) in [5.41, 5.74) is 2.08. The number of hydrogen-bond donors (Lipinski definition) is 1. The quantitative estimate of drug-likeness (QED) is 0.298. The molecule has 0 saturated heterocycles. The number of rotatable bonds is 5. The van der Waals surface area contributed by atoms with Crippen LogP contribution in [0.15, 0.2) is 81.5 Å². The van der Waals surface area contributed by atoms with Crippen LogP contribution in [0, 0.1) is 0 Å². The van der Waals surface area contributed by atoms with Gasteiger partial charge < -0.3 is 0 Å². The van der Waals surface area contributed by atoms with Crippen molar-refractivity contribution in [2.45, 2.75) is 36.0 Å². The summed E-state index contributed by atoms with van der Waals surface area (Å²) in [7, 11) is -1.60. The standard InChI is InChI=1S/C26H32NO2PS/c1-26(2,3)22-17-20(30(4,5)6)16-19(25(22)28)18-27-23-14-10-11-15-24(23)31(29)21-12-8-7-9-13-21/h7-18,28,30H,1-6H3/b27-18+. The minimum atomic E-state index is -1.60. The van der Waals surface area contributed by atoms with Crippen LogP contribution >= 0.6 is 7.26 Å². The van der Waals surface area contributed by atoms with Crippen LogP contribution in [0.25, 0.3) is 0 Å². The molecule has 0 spiro atoms. The maximum absolute atomic E-state index is 13.1. The molecule has 0 bridgehead atoms. The van der Waals surface area contributed by atoms with Gasteiger partial charge in [0.15, 0.2) is 0 Å². The molecule has 0 saturated carbocycles. The maximum atomic E-state index is 13.1. The molecule has 3 aromatic carbocycles. The van der Waals surface area contributed by atoms with E-state index in [-0.39, 0.29) is 11.2 Å². The van der Waals surface area contributed by atoms with E-state index in [0.29, 0.717) is 16.1 Å². The topological polar surface area (TPSA) is 55.7 Å². The second-order valence-corrected chi connectivity index (χ2v) is 16.3. The van der Waals surface area contributed by atoms with E-state index in [9.17, 15) is 9.66 Å². The number of benzene rings is 3. The summed E-state index contributed by atoms with van der Waals surface area (Å²) in [6, 6.07) is 21.0. The Balaban J connectivity index is 2.07. The predicted octanol–water partition coefficient (Wildman–Crippen LogP) is 5.87. The third-order valence-electron chi connectivity index (χ3n) is 5.18. The molecule has 0 aliphatic rings. The molecule has 5 heteroatoms. The van der Waals surface area contributed by atoms with Crippen LogP contribution in [-0.4, -0.2) is 35.9 Å². The van der Waals surface area contributed by atoms with Gasteiger partial charge in [0, 0.05) is 0 Å². The molecule has 3 nitrogen and oxygen atoms in total. The van der Waals surface area contributed by atoms with E-state index in [2.05, 4.69) is 57.9 Å². The number of aromatic hydroxyl groups is 1. The summed E-state index contributed by atoms with van der Waals surface area (Å²) in [4.78, 5) is 6.06. The van der Waals surface area contributed by atoms with Crippen molar-refractivity contribution in [3.8, 4) is 5.75 Å². The molecule has 1 atom stereocenters. The first-order valence-electron chi connectivity index (χ1n) is 10.5. The Hall–Kier alpha value is -2.13. The van der Waals surface area contributed by atoms with Gasteiger partial charge in [-0.1, -0.05) is 0 Å². The van der Waals surface area contributed by atoms with E-state index < -0.39 is 18.4 Å². The van der Waals surface area contributed by atoms with Gasteiger partial charge in [0.1, 0.15) is 0 Å². The Morgan fingerprint density at radius 1 is 0.935 bits per heavy atom. The number of hydrogen-bond acceptors (Lipinski definition) is 3. The molecule has 1 N–H and O–H groups in total. The summed E-state index contributed by atoms with van der Waals surface area (Å²) in [6.07, 6.45) is 1.70. The molecule has 0 amide bonds. The van der Waals surface area contributed by atoms with E-state index in [1.165, 1.54) is 5.30 Å². The summed E-state index contributed by atoms with van der Waals surface area (Å²) < 4.78 is 13.1. The Kier molecular flexibility index (Phi) is 6.95. The Morgan fingerprint density at radius 3 is 2.16 bits per heavy atom. The van der Waals surface area contributed by atoms with Crippen molar-refractivity contribution in [1.82, 2.24) is 0 Å². The average molecular weight is 454 g/mol. The van der Waals surface area contributed by atoms with Crippen LogP contribution in [0.1, 0.15) is 31.9 Å². The monoisotopic (exact) mass is 453 g/mol. The zero-order valence-corrected chi connectivity index (χ0v) is 21.0. The van der Waals surface area contributed by atoms with Gasteiger partial charge in [-0.3, -0.25) is 0 Å². The molecule has 31 heavy (non-hydrogen) atoms. The molecule has 0 aromatic heterocycles. The molecule has 0 fully saturated rings. The fraction of sp³-hybridized carbons (Fsp3) is 0.269. The molecule has 1 unspecified atom stereocenters. The van der Waals surface area contributed by atoms with Crippen molar-refractivity contribution >= 4 is 35.6 Å². The van der Waals surface area contributed by atoms with Gasteiger partial charge in [-0.25, -0.2) is 0 Å². The number of nitrogens with zero attached hydrogens (tertiary/aromatic N) is 1. The molecular weight excluding hydrogens is 421 g/mol. The van der Waals surface area contributed by atoms with Gasteiger partial charge >= 0.3 is 190 Å². The van der Waals surface area contributed by atoms with Gasteiger partial charge in [-0.15, -0.1) is 0 Å². The van der Waals surface area contributed by atoms with Gasteiger partial charge in [0.25, 0.3) is 0 Å². The molecule has 0 radical (unpaired) electrons. The van der Waals surface area contributed by atoms with Crippen LogP contribution in [-0.2, 0) is 16.6 Å². The molecular formula is C26H32NO2PS. The molecule has 0 aliphatic heterocycles. The summed E-state index contributed by atoms with van der Waals surface area (Å²) in [5.74, 6) is 0.264. The summed E-state index contributed by atoms with van der Waals surface area (Å²) in [5, 5.41) is 12.3. The van der Waals surface area contributed by atoms with Crippen LogP contribution in [0.2, 0.25) is 0 Å². The Morgan fingerprint density at radius 2 is 1.55 bits per heavy atom. The molecule has 0 aliphatic carbocycles. The number of para-hydroxylation sites is 1. The van der Waals surface area contributed by atoms with Crippen molar-refractivity contribution in [3.05, 3.63) is 77.9 Å². The SMILES string of the molecule is CC(C)(C)c1cc([PH](C)(C)C)cc(/C=N/c2ccccc2[S+]([O-])c2ccccc2)c1O. The first-order chi connectivity index (χ1) is 14.5. The van der Waals surface area contributed by atoms with Crippen LogP contribution in [0.4, 0.5) is 5.69 Å². The summed E-state index contributed by atoms with van der Waals surface area (Å²) in [6.45, 7) is 13.2. The van der Waals surface area contributed by atoms with E-state index in [1.807, 2.05) is 54.6 Å². The van der Waals surface area contributed by atoms with E-state index in [1.54, 1.807) is 6.21 Å². The zero-order valence-electron chi connectivity index (χ0n) is 19.1. The third-order valence-corrected chi connectivity index (χ3v) is 8.64. The van der Waals surface area contributed by atoms with Crippen LogP contribution < -0.4 is 5.30 Å². The Labute approximate surface area is 189 Å². The van der Waals surface area contributed by atoms with Crippen molar-refractivity contribution in [2.75, 3.05) is 20.0 Å². The zero-order chi connectivity index (χ0) is 22.8. The van der Waals surface area contributed by atoms with E-state index in [0.717, 1.165) is 10.5 Å². The van der Waals surface area contributed by atoms with Crippen molar-refractivity contribution in [1.29, 1.82) is 0 Å². The third kappa shape index (κ3) is 5.57.